The van der Waals surface area contributed by atoms with Crippen molar-refractivity contribution in [3.8, 4) is 0 Å². The third kappa shape index (κ3) is 3.19. The summed E-state index contributed by atoms with van der Waals surface area (Å²) in [6.45, 7) is -6.05. The molecule has 0 bridgehead atoms. The first-order valence-corrected chi connectivity index (χ1v) is 6.18. The molecule has 3 rings (SSSR count). The minimum atomic E-state index is -2.67. The molecule has 1 aliphatic rings. The number of likely N-dealkylation sites (N-methyl/N-ethyl adjacent to an activating group) is 1. The zero-order valence-electron chi connectivity index (χ0n) is 24.1. The molecule has 0 radical (unpaired) electrons. The van der Waals surface area contributed by atoms with E-state index in [1.54, 1.807) is 0 Å². The summed E-state index contributed by atoms with van der Waals surface area (Å²) in [5, 5.41) is -0.161. The van der Waals surface area contributed by atoms with E-state index in [1.165, 1.54) is 0 Å². The van der Waals surface area contributed by atoms with Crippen LogP contribution in [0.4, 0.5) is 4.79 Å². The molecule has 1 amide bonds. The molecule has 1 fully saturated rings. The Labute approximate surface area is 142 Å². The van der Waals surface area contributed by atoms with Gasteiger partial charge in [0.1, 0.15) is 6.56 Å². The van der Waals surface area contributed by atoms with Gasteiger partial charge in [0.2, 0.25) is 0 Å². The van der Waals surface area contributed by atoms with Crippen LogP contribution >= 0.6 is 0 Å². The van der Waals surface area contributed by atoms with Crippen LogP contribution in [-0.4, -0.2) is 49.1 Å². The molecule has 0 aliphatic carbocycles. The van der Waals surface area contributed by atoms with Gasteiger partial charge in [-0.25, -0.2) is 4.79 Å². The van der Waals surface area contributed by atoms with Gasteiger partial charge in [0.05, 0.1) is 14.3 Å². The van der Waals surface area contributed by atoms with Gasteiger partial charge in [-0.2, -0.15) is 0 Å². The number of benzene rings is 1. The maximum absolute atomic E-state index is 11.6. The van der Waals surface area contributed by atoms with E-state index >= 15 is 0 Å². The van der Waals surface area contributed by atoms with Gasteiger partial charge in [-0.1, -0.05) is 6.04 Å². The summed E-state index contributed by atoms with van der Waals surface area (Å²) in [5.74, 6) is 0. The Morgan fingerprint density at radius 2 is 2.62 bits per heavy atom. The number of hydrogen-bond donors (Lipinski definition) is 2. The van der Waals surface area contributed by atoms with Crippen LogP contribution < -0.4 is 5.31 Å². The van der Waals surface area contributed by atoms with Gasteiger partial charge in [0.25, 0.3) is 0 Å². The number of hydrogen-bond acceptors (Lipinski definition) is 3. The number of rotatable bonds is 5. The van der Waals surface area contributed by atoms with E-state index in [4.69, 9.17) is 17.9 Å². The summed E-state index contributed by atoms with van der Waals surface area (Å²) < 4.78 is 109. The Balaban J connectivity index is 2.25. The van der Waals surface area contributed by atoms with E-state index in [-0.39, 0.29) is 16.3 Å². The van der Waals surface area contributed by atoms with Crippen LogP contribution in [0, 0.1) is 0 Å². The molecule has 112 valence electrons. The van der Waals surface area contributed by atoms with Crippen molar-refractivity contribution in [2.24, 2.45) is 0 Å². The molecule has 5 heteroatoms. The topological polar surface area (TPSA) is 57.4 Å². The van der Waals surface area contributed by atoms with Gasteiger partial charge < -0.3 is 19.9 Å². The molecule has 21 heavy (non-hydrogen) atoms. The number of aromatic amines is 1. The van der Waals surface area contributed by atoms with E-state index in [9.17, 15) is 4.79 Å². The fourth-order valence-corrected chi connectivity index (χ4v) is 1.88. The molecule has 2 N–H and O–H groups in total. The maximum Gasteiger partial charge on any atom is 0.407 e. The van der Waals surface area contributed by atoms with Gasteiger partial charge in [-0.15, -0.1) is 0 Å². The average Bonchev–Trinajstić information content (AvgIpc) is 3.06. The monoisotopic (exact) mass is 300 g/mol. The van der Waals surface area contributed by atoms with Gasteiger partial charge in [0, 0.05) is 30.5 Å². The highest BCUT2D eigenvalue weighted by molar-refractivity contribution is 5.84. The summed E-state index contributed by atoms with van der Waals surface area (Å²) in [5.41, 5.74) is -1.25. The normalized spacial score (nSPS) is 31.3. The van der Waals surface area contributed by atoms with E-state index < -0.39 is 80.4 Å². The fourth-order valence-electron chi connectivity index (χ4n) is 1.88. The molecule has 0 spiro atoms. The average molecular weight is 300 g/mol. The number of ether oxygens (including phenoxy) is 1. The Morgan fingerprint density at radius 3 is 3.38 bits per heavy atom. The second-order valence-electron chi connectivity index (χ2n) is 4.54. The molecular formula is C16H21N3O2. The standard InChI is InChI=1S/C16H21N3O2/c1-19(2)6-5-12-9-17-15-4-3-11(8-14(12)15)7-13-10-21-16(20)18-13/h3-4,8-9,13,17H,5-7,10H2,1-2H3,(H,18,20)/t13-/m0/s1/i1D3,3D,4D,5D2,8D,9D,10D2/hD2. The Morgan fingerprint density at radius 1 is 1.71 bits per heavy atom. The van der Waals surface area contributed by atoms with E-state index in [1.807, 2.05) is 0 Å². The molecule has 1 aromatic heterocycles. The van der Waals surface area contributed by atoms with E-state index in [0.717, 1.165) is 11.9 Å². The summed E-state index contributed by atoms with van der Waals surface area (Å²) in [4.78, 5) is 12.8. The number of aromatic nitrogens is 1. The zero-order chi connectivity index (χ0) is 26.1. The van der Waals surface area contributed by atoms with Crippen molar-refractivity contribution in [2.45, 2.75) is 18.8 Å². The molecule has 0 unspecified atom stereocenters. The summed E-state index contributed by atoms with van der Waals surface area (Å²) >= 11 is 0. The lowest BCUT2D eigenvalue weighted by molar-refractivity contribution is 0.177. The molecule has 1 aromatic carbocycles. The second-order valence-corrected chi connectivity index (χ2v) is 4.54. The lowest BCUT2D eigenvalue weighted by Crippen LogP contribution is -2.28. The van der Waals surface area contributed by atoms with Crippen molar-refractivity contribution in [3.63, 3.8) is 0 Å². The first-order chi connectivity index (χ1) is 15.3. The van der Waals surface area contributed by atoms with Crippen molar-refractivity contribution in [3.05, 3.63) is 35.4 Å². The lowest BCUT2D eigenvalue weighted by atomic mass is 10.0. The van der Waals surface area contributed by atoms with Crippen LogP contribution in [0.15, 0.2) is 24.3 Å². The van der Waals surface area contributed by atoms with Crippen LogP contribution in [0.5, 0.6) is 0 Å². The number of carbonyl (C=O) groups is 1. The summed E-state index contributed by atoms with van der Waals surface area (Å²) in [7, 11) is 1.14. The van der Waals surface area contributed by atoms with Crippen LogP contribution in [0.25, 0.3) is 10.9 Å². The molecule has 1 atom stereocenters. The quantitative estimate of drug-likeness (QED) is 0.887. The Hall–Kier alpha value is -2.01. The lowest BCUT2D eigenvalue weighted by Gasteiger charge is -2.09. The maximum atomic E-state index is 11.6. The highest BCUT2D eigenvalue weighted by atomic mass is 16.6. The van der Waals surface area contributed by atoms with E-state index in [0.29, 0.717) is 4.98 Å². The number of amides is 1. The molecule has 1 aliphatic heterocycles. The first kappa shape index (κ1) is 5.32. The third-order valence-corrected chi connectivity index (χ3v) is 2.81. The van der Waals surface area contributed by atoms with Crippen LogP contribution in [0.2, 0.25) is 2.82 Å². The largest absolute Gasteiger partial charge is 0.447 e. The first-order valence-electron chi connectivity index (χ1n) is 12.6. The van der Waals surface area contributed by atoms with Crippen molar-refractivity contribution >= 4 is 17.0 Å². The smallest absolute Gasteiger partial charge is 0.407 e. The van der Waals surface area contributed by atoms with Crippen molar-refractivity contribution < 1.29 is 27.4 Å². The number of nitrogens with zero attached hydrogens (tertiary/aromatic N) is 1. The molecule has 5 nitrogen and oxygen atoms in total. The Kier molecular flexibility index (Phi) is 1.46. The van der Waals surface area contributed by atoms with Gasteiger partial charge >= 0.3 is 6.09 Å². The number of H-pyrrole nitrogens is 1. The molecular weight excluding hydrogens is 266 g/mol. The van der Waals surface area contributed by atoms with Crippen LogP contribution in [0.3, 0.4) is 0 Å². The molecule has 2 heterocycles. The number of cyclic esters (lactones) is 1. The highest BCUT2D eigenvalue weighted by Crippen LogP contribution is 2.21. The van der Waals surface area contributed by atoms with Crippen molar-refractivity contribution in [1.29, 1.82) is 0 Å². The number of alkyl carbamates (subject to hydrolysis) is 1. The van der Waals surface area contributed by atoms with E-state index in [2.05, 4.69) is 4.74 Å². The SMILES string of the molecule is [2H]c1c(C[C@@H]2N([2H])C(=O)OC2([2H])[2H])c([2H])c2c(C([2H])([2H])CN(C)C([2H])([2H])[2H])c([2H])n([2H])c2c1[2H]. The third-order valence-electron chi connectivity index (χ3n) is 2.81. The van der Waals surface area contributed by atoms with Gasteiger partial charge in [-0.3, -0.25) is 0 Å². The molecule has 2 aromatic rings. The van der Waals surface area contributed by atoms with Gasteiger partial charge in [0.15, 0.2) is 2.82 Å². The fraction of sp³-hybridized carbons (Fsp3) is 0.438. The predicted molar refractivity (Wildman–Crippen MR) is 82.5 cm³/mol. The molecule has 0 saturated carbocycles. The van der Waals surface area contributed by atoms with Crippen molar-refractivity contribution in [2.75, 3.05) is 27.1 Å². The molecule has 1 saturated heterocycles. The second kappa shape index (κ2) is 5.77. The number of fused-ring (bicyclic) bond motifs is 1. The van der Waals surface area contributed by atoms with Crippen LogP contribution in [0.1, 0.15) is 26.2 Å². The minimum Gasteiger partial charge on any atom is -0.447 e. The number of nitrogens with one attached hydrogen (secondary N) is 2. The predicted octanol–water partition coefficient (Wildman–Crippen LogP) is 1.92. The summed E-state index contributed by atoms with van der Waals surface area (Å²) in [6, 6.07) is -3.42. The number of carbonyl (C=O) groups excluding carboxylic acids is 1. The van der Waals surface area contributed by atoms with Gasteiger partial charge in [-0.05, 0) is 50.0 Å². The highest BCUT2D eigenvalue weighted by Gasteiger charge is 2.22. The summed E-state index contributed by atoms with van der Waals surface area (Å²) in [6.07, 6.45) is -5.20. The zero-order valence-corrected chi connectivity index (χ0v) is 11.1. The minimum absolute atomic E-state index is 0.212. The van der Waals surface area contributed by atoms with Crippen molar-refractivity contribution in [1.82, 2.24) is 15.2 Å². The Bertz CT molecular complexity index is 1160. The van der Waals surface area contributed by atoms with Crippen LogP contribution in [-0.2, 0) is 17.5 Å².